The number of alkyl carbamates (subject to hydrolysis) is 1. The molecular formula is C24H28BrN3O3. The van der Waals surface area contributed by atoms with E-state index < -0.39 is 6.09 Å². The quantitative estimate of drug-likeness (QED) is 0.424. The number of nitrogens with one attached hydrogen (secondary N) is 1. The summed E-state index contributed by atoms with van der Waals surface area (Å²) in [6.45, 7) is 6.48. The van der Waals surface area contributed by atoms with Gasteiger partial charge in [0.2, 0.25) is 0 Å². The number of fused-ring (bicyclic) bond motifs is 1. The van der Waals surface area contributed by atoms with Crippen LogP contribution in [0.2, 0.25) is 0 Å². The molecule has 0 radical (unpaired) electrons. The van der Waals surface area contributed by atoms with Gasteiger partial charge in [-0.25, -0.2) is 14.8 Å². The molecule has 1 aromatic heterocycles. The fourth-order valence-electron chi connectivity index (χ4n) is 3.40. The lowest BCUT2D eigenvalue weighted by molar-refractivity contribution is 0.133. The summed E-state index contributed by atoms with van der Waals surface area (Å²) >= 11 is 3.54. The predicted octanol–water partition coefficient (Wildman–Crippen LogP) is 5.98. The molecule has 2 aromatic carbocycles. The summed E-state index contributed by atoms with van der Waals surface area (Å²) in [5.41, 5.74) is 2.65. The molecule has 1 unspecified atom stereocenters. The van der Waals surface area contributed by atoms with E-state index in [-0.39, 0.29) is 12.6 Å². The first-order valence-electron chi connectivity index (χ1n) is 10.4. The van der Waals surface area contributed by atoms with Crippen LogP contribution < -0.4 is 10.1 Å². The summed E-state index contributed by atoms with van der Waals surface area (Å²) in [5.74, 6) is 1.62. The van der Waals surface area contributed by atoms with Crippen LogP contribution in [0.1, 0.15) is 50.3 Å². The standard InChI is InChI=1S/C24H28BrN3O3/c1-5-19-17-12-18(25)22(30-4)13-20(17)27-23(26-19)21(11-15(2)3)28-24(29)31-14-16-9-7-6-8-10-16/h6-10,12-13,15,21H,5,11,14H2,1-4H3,(H,28,29). The fraction of sp³-hybridized carbons (Fsp3) is 0.375. The molecule has 0 saturated carbocycles. The summed E-state index contributed by atoms with van der Waals surface area (Å²) in [6, 6.07) is 13.1. The molecule has 1 N–H and O–H groups in total. The average molecular weight is 486 g/mol. The van der Waals surface area contributed by atoms with Crippen LogP contribution in [0.4, 0.5) is 4.79 Å². The van der Waals surface area contributed by atoms with E-state index in [2.05, 4.69) is 42.0 Å². The van der Waals surface area contributed by atoms with Gasteiger partial charge in [0.15, 0.2) is 5.82 Å². The van der Waals surface area contributed by atoms with Gasteiger partial charge in [-0.15, -0.1) is 0 Å². The molecule has 0 bridgehead atoms. The Morgan fingerprint density at radius 1 is 1.16 bits per heavy atom. The Kier molecular flexibility index (Phi) is 7.85. The van der Waals surface area contributed by atoms with Crippen LogP contribution >= 0.6 is 15.9 Å². The lowest BCUT2D eigenvalue weighted by atomic mass is 10.0. The molecule has 1 amide bonds. The molecule has 1 heterocycles. The summed E-state index contributed by atoms with van der Waals surface area (Å²) in [4.78, 5) is 22.1. The normalized spacial score (nSPS) is 12.1. The van der Waals surface area contributed by atoms with Gasteiger partial charge in [-0.05, 0) is 46.3 Å². The van der Waals surface area contributed by atoms with Crippen molar-refractivity contribution in [2.24, 2.45) is 5.92 Å². The Balaban J connectivity index is 1.88. The molecule has 0 aliphatic rings. The van der Waals surface area contributed by atoms with Gasteiger partial charge in [-0.3, -0.25) is 0 Å². The highest BCUT2D eigenvalue weighted by Crippen LogP contribution is 2.32. The predicted molar refractivity (Wildman–Crippen MR) is 125 cm³/mol. The summed E-state index contributed by atoms with van der Waals surface area (Å²) in [5, 5.41) is 3.93. The maximum Gasteiger partial charge on any atom is 0.408 e. The highest BCUT2D eigenvalue weighted by molar-refractivity contribution is 9.10. The van der Waals surface area contributed by atoms with E-state index in [1.807, 2.05) is 42.5 Å². The SMILES string of the molecule is CCc1nc(C(CC(C)C)NC(=O)OCc2ccccc2)nc2cc(OC)c(Br)cc12. The zero-order valence-corrected chi connectivity index (χ0v) is 19.9. The van der Waals surface area contributed by atoms with Crippen LogP contribution in [0, 0.1) is 5.92 Å². The van der Waals surface area contributed by atoms with Crippen LogP contribution in [0.25, 0.3) is 10.9 Å². The van der Waals surface area contributed by atoms with Crippen molar-refractivity contribution in [3.05, 3.63) is 64.0 Å². The Hall–Kier alpha value is -2.67. The largest absolute Gasteiger partial charge is 0.495 e. The first-order chi connectivity index (χ1) is 14.9. The van der Waals surface area contributed by atoms with E-state index in [0.717, 1.165) is 33.1 Å². The highest BCUT2D eigenvalue weighted by Gasteiger charge is 2.22. The van der Waals surface area contributed by atoms with Gasteiger partial charge in [0, 0.05) is 11.5 Å². The molecule has 0 fully saturated rings. The molecule has 1 atom stereocenters. The van der Waals surface area contributed by atoms with Crippen molar-refractivity contribution in [3.63, 3.8) is 0 Å². The number of nitrogens with zero attached hydrogens (tertiary/aromatic N) is 2. The van der Waals surface area contributed by atoms with Gasteiger partial charge in [-0.2, -0.15) is 0 Å². The average Bonchev–Trinajstić information content (AvgIpc) is 2.76. The van der Waals surface area contributed by atoms with E-state index >= 15 is 0 Å². The Labute approximate surface area is 191 Å². The third-order valence-corrected chi connectivity index (χ3v) is 5.54. The zero-order valence-electron chi connectivity index (χ0n) is 18.3. The Bertz CT molecular complexity index is 1040. The number of halogens is 1. The molecule has 31 heavy (non-hydrogen) atoms. The molecule has 3 rings (SSSR count). The number of carbonyl (C=O) groups excluding carboxylic acids is 1. The molecule has 0 saturated heterocycles. The number of aromatic nitrogens is 2. The number of aryl methyl sites for hydroxylation is 1. The van der Waals surface area contributed by atoms with Crippen molar-refractivity contribution in [1.29, 1.82) is 0 Å². The molecule has 0 aliphatic heterocycles. The van der Waals surface area contributed by atoms with E-state index in [1.54, 1.807) is 7.11 Å². The number of benzene rings is 2. The maximum absolute atomic E-state index is 12.5. The first-order valence-corrected chi connectivity index (χ1v) is 11.2. The van der Waals surface area contributed by atoms with Gasteiger partial charge in [-0.1, -0.05) is 51.1 Å². The minimum Gasteiger partial charge on any atom is -0.495 e. The number of carbonyl (C=O) groups is 1. The Morgan fingerprint density at radius 2 is 1.90 bits per heavy atom. The van der Waals surface area contributed by atoms with Gasteiger partial charge in [0.05, 0.1) is 28.8 Å². The topological polar surface area (TPSA) is 73.3 Å². The van der Waals surface area contributed by atoms with Crippen molar-refractivity contribution in [3.8, 4) is 5.75 Å². The van der Waals surface area contributed by atoms with Crippen molar-refractivity contribution in [2.75, 3.05) is 7.11 Å². The number of hydrogen-bond acceptors (Lipinski definition) is 5. The molecule has 7 heteroatoms. The molecule has 0 aliphatic carbocycles. The fourth-order valence-corrected chi connectivity index (χ4v) is 3.91. The second kappa shape index (κ2) is 10.6. The van der Waals surface area contributed by atoms with Crippen molar-refractivity contribution < 1.29 is 14.3 Å². The smallest absolute Gasteiger partial charge is 0.408 e. The number of amides is 1. The Morgan fingerprint density at radius 3 is 2.55 bits per heavy atom. The molecule has 0 spiro atoms. The van der Waals surface area contributed by atoms with Crippen LogP contribution in [0.5, 0.6) is 5.75 Å². The third-order valence-electron chi connectivity index (χ3n) is 4.92. The summed E-state index contributed by atoms with van der Waals surface area (Å²) in [7, 11) is 1.63. The summed E-state index contributed by atoms with van der Waals surface area (Å²) < 4.78 is 11.7. The van der Waals surface area contributed by atoms with E-state index in [9.17, 15) is 4.79 Å². The second-order valence-electron chi connectivity index (χ2n) is 7.77. The van der Waals surface area contributed by atoms with Gasteiger partial charge >= 0.3 is 6.09 Å². The minimum absolute atomic E-state index is 0.213. The summed E-state index contributed by atoms with van der Waals surface area (Å²) in [6.07, 6.45) is 0.963. The second-order valence-corrected chi connectivity index (χ2v) is 8.63. The number of methoxy groups -OCH3 is 1. The first kappa shape index (κ1) is 23.0. The monoisotopic (exact) mass is 485 g/mol. The van der Waals surface area contributed by atoms with Crippen LogP contribution in [0.3, 0.4) is 0 Å². The van der Waals surface area contributed by atoms with Crippen molar-refractivity contribution in [2.45, 2.75) is 46.3 Å². The number of rotatable bonds is 8. The van der Waals surface area contributed by atoms with Crippen LogP contribution in [-0.2, 0) is 17.8 Å². The maximum atomic E-state index is 12.5. The number of hydrogen-bond donors (Lipinski definition) is 1. The highest BCUT2D eigenvalue weighted by atomic mass is 79.9. The minimum atomic E-state index is -0.482. The zero-order chi connectivity index (χ0) is 22.4. The molecule has 6 nitrogen and oxygen atoms in total. The van der Waals surface area contributed by atoms with E-state index in [4.69, 9.17) is 19.4 Å². The third kappa shape index (κ3) is 5.94. The molecular weight excluding hydrogens is 458 g/mol. The molecule has 3 aromatic rings. The lowest BCUT2D eigenvalue weighted by Crippen LogP contribution is -2.31. The van der Waals surface area contributed by atoms with Crippen molar-refractivity contribution >= 4 is 32.9 Å². The van der Waals surface area contributed by atoms with Gasteiger partial charge < -0.3 is 14.8 Å². The van der Waals surface area contributed by atoms with Crippen molar-refractivity contribution in [1.82, 2.24) is 15.3 Å². The van der Waals surface area contributed by atoms with E-state index in [1.165, 1.54) is 0 Å². The number of ether oxygens (including phenoxy) is 2. The van der Waals surface area contributed by atoms with Crippen LogP contribution in [0.15, 0.2) is 46.9 Å². The van der Waals surface area contributed by atoms with Crippen LogP contribution in [-0.4, -0.2) is 23.2 Å². The van der Waals surface area contributed by atoms with Gasteiger partial charge in [0.25, 0.3) is 0 Å². The molecule has 164 valence electrons. The van der Waals surface area contributed by atoms with Gasteiger partial charge in [0.1, 0.15) is 12.4 Å². The lowest BCUT2D eigenvalue weighted by Gasteiger charge is -2.21. The van der Waals surface area contributed by atoms with E-state index in [0.29, 0.717) is 23.9 Å².